The Morgan fingerprint density at radius 3 is 2.35 bits per heavy atom. The van der Waals surface area contributed by atoms with Gasteiger partial charge in [0.15, 0.2) is 6.20 Å². The third-order valence-corrected chi connectivity index (χ3v) is 4.25. The van der Waals surface area contributed by atoms with Crippen LogP contribution in [0.25, 0.3) is 0 Å². The van der Waals surface area contributed by atoms with Gasteiger partial charge < -0.3 is 15.8 Å². The second kappa shape index (κ2) is 8.57. The number of hydrogen-bond acceptors (Lipinski definition) is 5. The van der Waals surface area contributed by atoms with E-state index in [0.717, 1.165) is 10.4 Å². The van der Waals surface area contributed by atoms with E-state index in [2.05, 4.69) is 32.0 Å². The van der Waals surface area contributed by atoms with Gasteiger partial charge in [-0.3, -0.25) is 0 Å². The van der Waals surface area contributed by atoms with Crippen molar-refractivity contribution in [2.24, 2.45) is 0 Å². The smallest absolute Gasteiger partial charge is 0.363 e. The molecule has 0 aromatic carbocycles. The van der Waals surface area contributed by atoms with Crippen LogP contribution in [0.5, 0.6) is 0 Å². The molecule has 0 atom stereocenters. The van der Waals surface area contributed by atoms with Gasteiger partial charge in [0.05, 0.1) is 4.47 Å². The number of nitrogens with two attached hydrogens (primary N) is 1. The third kappa shape index (κ3) is 5.59. The fraction of sp³-hybridized carbons (Fsp3) is 0.375. The Balaban J connectivity index is 0.000000174. The van der Waals surface area contributed by atoms with Gasteiger partial charge >= 0.3 is 5.82 Å². The number of rotatable bonds is 2. The van der Waals surface area contributed by atoms with Gasteiger partial charge in [-0.2, -0.15) is 0 Å². The second-order valence-electron chi connectivity index (χ2n) is 5.44. The highest BCUT2D eigenvalue weighted by Gasteiger charge is 2.15. The molecule has 3 rings (SSSR count). The summed E-state index contributed by atoms with van der Waals surface area (Å²) in [7, 11) is 0. The Kier molecular flexibility index (Phi) is 6.46. The van der Waals surface area contributed by atoms with Crippen LogP contribution in [-0.4, -0.2) is 14.9 Å². The van der Waals surface area contributed by atoms with Gasteiger partial charge in [0.25, 0.3) is 0 Å². The molecule has 0 spiro atoms. The number of nitrogens with zero attached hydrogens (tertiary/aromatic N) is 3. The van der Waals surface area contributed by atoms with Crippen LogP contribution in [0.4, 0.5) is 11.6 Å². The summed E-state index contributed by atoms with van der Waals surface area (Å²) in [6, 6.07) is 6.94. The molecule has 2 N–H and O–H groups in total. The highest BCUT2D eigenvalue weighted by molar-refractivity contribution is 9.10. The van der Waals surface area contributed by atoms with Crippen LogP contribution in [0.15, 0.2) is 41.1 Å². The molecular formula is C16H19BrN4O2. The Bertz CT molecular complexity index is 626. The van der Waals surface area contributed by atoms with Gasteiger partial charge in [-0.25, -0.2) is 4.98 Å². The zero-order valence-corrected chi connectivity index (χ0v) is 14.3. The Morgan fingerprint density at radius 1 is 1.09 bits per heavy atom. The van der Waals surface area contributed by atoms with Gasteiger partial charge in [-0.15, -0.1) is 0 Å². The minimum Gasteiger partial charge on any atom is -0.384 e. The molecular weight excluding hydrogens is 360 g/mol. The number of anilines is 1. The molecule has 0 amide bonds. The monoisotopic (exact) mass is 378 g/mol. The van der Waals surface area contributed by atoms with E-state index in [1.807, 2.05) is 12.3 Å². The molecule has 23 heavy (non-hydrogen) atoms. The molecule has 1 fully saturated rings. The van der Waals surface area contributed by atoms with Gasteiger partial charge in [0.1, 0.15) is 5.82 Å². The van der Waals surface area contributed by atoms with Crippen LogP contribution in [0.2, 0.25) is 0 Å². The van der Waals surface area contributed by atoms with Gasteiger partial charge in [0.2, 0.25) is 0 Å². The lowest BCUT2D eigenvalue weighted by Gasteiger charge is -2.21. The van der Waals surface area contributed by atoms with Crippen LogP contribution >= 0.6 is 15.9 Å². The molecule has 7 heteroatoms. The van der Waals surface area contributed by atoms with Crippen LogP contribution < -0.4 is 5.73 Å². The molecule has 2 aromatic rings. The normalized spacial score (nSPS) is 14.7. The lowest BCUT2D eigenvalue weighted by atomic mass is 9.85. The van der Waals surface area contributed by atoms with Crippen LogP contribution in [0.1, 0.15) is 43.6 Å². The summed E-state index contributed by atoms with van der Waals surface area (Å²) < 4.78 is 0.734. The highest BCUT2D eigenvalue weighted by Crippen LogP contribution is 2.32. The molecule has 0 radical (unpaired) electrons. The molecule has 122 valence electrons. The van der Waals surface area contributed by atoms with E-state index in [0.29, 0.717) is 5.82 Å². The standard InChI is InChI=1S/C11H16N2.C5H3BrN2O2/c12-11-7-6-10(8-13-11)9-4-2-1-3-5-9;6-4-1-2-5(7-3-4)8(9)10/h6-9H,1-5H2,(H2,12,13);1-3H. The fourth-order valence-corrected chi connectivity index (χ4v) is 2.80. The SMILES string of the molecule is Nc1ccc(C2CCCCC2)cn1.O=[N+]([O-])c1ccc(Br)cn1. The number of halogens is 1. The molecule has 2 heterocycles. The first kappa shape index (κ1) is 17.3. The molecule has 0 saturated heterocycles. The van der Waals surface area contributed by atoms with Gasteiger partial charge in [-0.1, -0.05) is 25.3 Å². The Morgan fingerprint density at radius 2 is 1.83 bits per heavy atom. The van der Waals surface area contributed by atoms with E-state index in [4.69, 9.17) is 5.73 Å². The number of nitro groups is 1. The first-order valence-corrected chi connectivity index (χ1v) is 8.33. The van der Waals surface area contributed by atoms with Crippen molar-refractivity contribution in [2.75, 3.05) is 5.73 Å². The number of aromatic nitrogens is 2. The van der Waals surface area contributed by atoms with E-state index in [1.165, 1.54) is 49.9 Å². The van der Waals surface area contributed by atoms with Gasteiger partial charge in [-0.05, 0) is 62.3 Å². The maximum Gasteiger partial charge on any atom is 0.363 e. The van der Waals surface area contributed by atoms with Crippen LogP contribution in [0.3, 0.4) is 0 Å². The summed E-state index contributed by atoms with van der Waals surface area (Å²) >= 11 is 3.11. The molecule has 0 aliphatic heterocycles. The van der Waals surface area contributed by atoms with E-state index < -0.39 is 4.92 Å². The lowest BCUT2D eigenvalue weighted by Crippen LogP contribution is -2.05. The Hall–Kier alpha value is -2.02. The first-order chi connectivity index (χ1) is 11.1. The van der Waals surface area contributed by atoms with E-state index >= 15 is 0 Å². The molecule has 0 bridgehead atoms. The second-order valence-corrected chi connectivity index (χ2v) is 6.36. The minimum atomic E-state index is -0.535. The van der Waals surface area contributed by atoms with Crippen molar-refractivity contribution in [3.05, 3.63) is 56.8 Å². The minimum absolute atomic E-state index is 0.136. The van der Waals surface area contributed by atoms with Crippen molar-refractivity contribution in [3.63, 3.8) is 0 Å². The summed E-state index contributed by atoms with van der Waals surface area (Å²) in [5.74, 6) is 1.23. The van der Waals surface area contributed by atoms with Crippen LogP contribution in [-0.2, 0) is 0 Å². The van der Waals surface area contributed by atoms with Crippen LogP contribution in [0, 0.1) is 10.1 Å². The fourth-order valence-electron chi connectivity index (χ4n) is 2.57. The maximum absolute atomic E-state index is 10.0. The average molecular weight is 379 g/mol. The summed E-state index contributed by atoms with van der Waals surface area (Å²) in [5, 5.41) is 10.0. The van der Waals surface area contributed by atoms with Crippen molar-refractivity contribution >= 4 is 27.6 Å². The lowest BCUT2D eigenvalue weighted by molar-refractivity contribution is -0.389. The zero-order valence-electron chi connectivity index (χ0n) is 12.7. The summed E-state index contributed by atoms with van der Waals surface area (Å²) in [6.07, 6.45) is 10.1. The molecule has 1 aliphatic carbocycles. The van der Waals surface area contributed by atoms with E-state index in [-0.39, 0.29) is 5.82 Å². The predicted octanol–water partition coefficient (Wildman–Crippen LogP) is 4.46. The summed E-state index contributed by atoms with van der Waals surface area (Å²) in [6.45, 7) is 0. The number of hydrogen-bond donors (Lipinski definition) is 1. The van der Waals surface area contributed by atoms with Crippen molar-refractivity contribution in [2.45, 2.75) is 38.0 Å². The highest BCUT2D eigenvalue weighted by atomic mass is 79.9. The molecule has 2 aromatic heterocycles. The zero-order chi connectivity index (χ0) is 16.7. The quantitative estimate of drug-likeness (QED) is 0.614. The van der Waals surface area contributed by atoms with Gasteiger partial charge in [0, 0.05) is 12.3 Å². The van der Waals surface area contributed by atoms with E-state index in [9.17, 15) is 10.1 Å². The maximum atomic E-state index is 10.0. The topological polar surface area (TPSA) is 94.9 Å². The molecule has 6 nitrogen and oxygen atoms in total. The average Bonchev–Trinajstić information content (AvgIpc) is 2.57. The molecule has 1 saturated carbocycles. The van der Waals surface area contributed by atoms with Crippen molar-refractivity contribution < 1.29 is 4.92 Å². The summed E-state index contributed by atoms with van der Waals surface area (Å²) in [4.78, 5) is 17.2. The van der Waals surface area contributed by atoms with Crippen molar-refractivity contribution in [1.82, 2.24) is 9.97 Å². The van der Waals surface area contributed by atoms with Crippen molar-refractivity contribution in [1.29, 1.82) is 0 Å². The first-order valence-electron chi connectivity index (χ1n) is 7.53. The largest absolute Gasteiger partial charge is 0.384 e. The number of nitrogen functional groups attached to an aromatic ring is 1. The van der Waals surface area contributed by atoms with Crippen molar-refractivity contribution in [3.8, 4) is 0 Å². The van der Waals surface area contributed by atoms with E-state index in [1.54, 1.807) is 6.07 Å². The number of pyridine rings is 2. The molecule has 0 unspecified atom stereocenters. The predicted molar refractivity (Wildman–Crippen MR) is 93.1 cm³/mol. The molecule has 1 aliphatic rings. The summed E-state index contributed by atoms with van der Waals surface area (Å²) in [5.41, 5.74) is 6.91. The Labute approximate surface area is 143 Å². The third-order valence-electron chi connectivity index (χ3n) is 3.78.